The summed E-state index contributed by atoms with van der Waals surface area (Å²) in [6.45, 7) is 4.17. The highest BCUT2D eigenvalue weighted by molar-refractivity contribution is 6.29. The van der Waals surface area contributed by atoms with Gasteiger partial charge in [0.25, 0.3) is 0 Å². The topological polar surface area (TPSA) is 13.1 Å². The Morgan fingerprint density at radius 3 is 1.98 bits per heavy atom. The monoisotopic (exact) mass is 553 g/mol. The Balaban J connectivity index is 1.35. The lowest BCUT2D eigenvalue weighted by Crippen LogP contribution is -2.09. The van der Waals surface area contributed by atoms with Gasteiger partial charge in [-0.3, -0.25) is 0 Å². The summed E-state index contributed by atoms with van der Waals surface area (Å²) >= 11 is 0. The maximum atomic E-state index is 2.43. The largest absolute Gasteiger partial charge is 0.316 e. The zero-order valence-corrected chi connectivity index (χ0v) is 24.3. The smallest absolute Gasteiger partial charge is 0.0608 e. The minimum atomic E-state index is 1.12. The number of rotatable bonds is 6. The third-order valence-corrected chi connectivity index (χ3v) is 8.53. The molecule has 8 rings (SSSR count). The number of anilines is 3. The van der Waals surface area contributed by atoms with E-state index >= 15 is 0 Å². The zero-order chi connectivity index (χ0) is 28.9. The van der Waals surface area contributed by atoms with Crippen LogP contribution in [-0.4, -0.2) is 9.13 Å². The van der Waals surface area contributed by atoms with E-state index in [1.807, 2.05) is 0 Å². The molecule has 0 aliphatic rings. The van der Waals surface area contributed by atoms with Crippen molar-refractivity contribution in [3.8, 4) is 5.69 Å². The maximum absolute atomic E-state index is 2.43. The van der Waals surface area contributed by atoms with Gasteiger partial charge in [-0.1, -0.05) is 72.8 Å². The van der Waals surface area contributed by atoms with Gasteiger partial charge in [0.15, 0.2) is 0 Å². The van der Waals surface area contributed by atoms with E-state index in [2.05, 4.69) is 180 Å². The SMILES string of the molecule is C/C=C\C(=C/C)n1ccc2cc3c4c(ccc5cccc(c54)n3-c3ccc(N(c4ccccc4)c4ccccc4)cc3)c21. The fourth-order valence-corrected chi connectivity index (χ4v) is 6.72. The Hall–Kier alpha value is -5.54. The van der Waals surface area contributed by atoms with Gasteiger partial charge in [-0.05, 0) is 92.0 Å². The third kappa shape index (κ3) is 3.89. The van der Waals surface area contributed by atoms with E-state index in [4.69, 9.17) is 0 Å². The molecule has 0 bridgehead atoms. The van der Waals surface area contributed by atoms with Crippen molar-refractivity contribution in [3.05, 3.63) is 152 Å². The molecule has 0 aliphatic heterocycles. The average Bonchev–Trinajstić information content (AvgIpc) is 3.64. The first-order valence-electron chi connectivity index (χ1n) is 14.9. The van der Waals surface area contributed by atoms with Crippen LogP contribution in [0.5, 0.6) is 0 Å². The van der Waals surface area contributed by atoms with Gasteiger partial charge < -0.3 is 14.0 Å². The Bertz CT molecular complexity index is 2240. The lowest BCUT2D eigenvalue weighted by Gasteiger charge is -2.25. The van der Waals surface area contributed by atoms with Crippen LogP contribution in [0, 0.1) is 0 Å². The Labute approximate surface area is 251 Å². The van der Waals surface area contributed by atoms with Gasteiger partial charge in [0, 0.05) is 56.2 Å². The molecule has 0 N–H and O–H groups in total. The number of nitrogens with zero attached hydrogens (tertiary/aromatic N) is 3. The van der Waals surface area contributed by atoms with E-state index in [1.165, 1.54) is 49.2 Å². The second kappa shape index (κ2) is 10.1. The third-order valence-electron chi connectivity index (χ3n) is 8.53. The van der Waals surface area contributed by atoms with Crippen LogP contribution in [0.1, 0.15) is 13.8 Å². The summed E-state index contributed by atoms with van der Waals surface area (Å²) in [5.41, 5.74) is 9.43. The molecule has 8 aromatic rings. The van der Waals surface area contributed by atoms with Gasteiger partial charge in [0.2, 0.25) is 0 Å². The number of hydrogen-bond acceptors (Lipinski definition) is 1. The van der Waals surface area contributed by atoms with Crippen LogP contribution in [0.2, 0.25) is 0 Å². The number of benzene rings is 6. The van der Waals surface area contributed by atoms with Crippen molar-refractivity contribution in [1.82, 2.24) is 9.13 Å². The normalized spacial score (nSPS) is 12.5. The maximum Gasteiger partial charge on any atom is 0.0608 e. The van der Waals surface area contributed by atoms with Crippen LogP contribution in [0.3, 0.4) is 0 Å². The van der Waals surface area contributed by atoms with Crippen molar-refractivity contribution in [1.29, 1.82) is 0 Å². The highest BCUT2D eigenvalue weighted by atomic mass is 15.1. The Morgan fingerprint density at radius 2 is 1.30 bits per heavy atom. The first-order valence-corrected chi connectivity index (χ1v) is 14.9. The molecule has 206 valence electrons. The summed E-state index contributed by atoms with van der Waals surface area (Å²) in [7, 11) is 0. The van der Waals surface area contributed by atoms with Crippen LogP contribution < -0.4 is 4.90 Å². The molecule has 0 atom stereocenters. The van der Waals surface area contributed by atoms with Crippen LogP contribution in [0.15, 0.2) is 152 Å². The summed E-state index contributed by atoms with van der Waals surface area (Å²) in [6.07, 6.45) is 8.65. The van der Waals surface area contributed by atoms with E-state index in [-0.39, 0.29) is 0 Å². The number of para-hydroxylation sites is 2. The molecule has 2 aromatic heterocycles. The van der Waals surface area contributed by atoms with Crippen LogP contribution in [-0.2, 0) is 0 Å². The molecule has 6 aromatic carbocycles. The van der Waals surface area contributed by atoms with Crippen molar-refractivity contribution in [3.63, 3.8) is 0 Å². The summed E-state index contributed by atoms with van der Waals surface area (Å²) in [5, 5.41) is 6.41. The molecule has 0 saturated carbocycles. The van der Waals surface area contributed by atoms with Gasteiger partial charge >= 0.3 is 0 Å². The summed E-state index contributed by atoms with van der Waals surface area (Å²) in [5.74, 6) is 0. The highest BCUT2D eigenvalue weighted by Crippen LogP contribution is 2.43. The lowest BCUT2D eigenvalue weighted by molar-refractivity contribution is 1.17. The summed E-state index contributed by atoms with van der Waals surface area (Å²) in [6, 6.07) is 45.9. The molecule has 3 nitrogen and oxygen atoms in total. The summed E-state index contributed by atoms with van der Waals surface area (Å²) < 4.78 is 4.76. The number of allylic oxidation sites excluding steroid dienone is 4. The fourth-order valence-electron chi connectivity index (χ4n) is 6.72. The molecule has 0 saturated heterocycles. The fraction of sp³-hybridized carbons (Fsp3) is 0.0500. The van der Waals surface area contributed by atoms with Gasteiger partial charge in [-0.2, -0.15) is 0 Å². The average molecular weight is 554 g/mol. The molecule has 0 aliphatic carbocycles. The van der Waals surface area contributed by atoms with Gasteiger partial charge in [0.05, 0.1) is 16.6 Å². The zero-order valence-electron chi connectivity index (χ0n) is 24.3. The van der Waals surface area contributed by atoms with Crippen LogP contribution in [0.25, 0.3) is 54.9 Å². The molecule has 0 amide bonds. The van der Waals surface area contributed by atoms with E-state index in [0.29, 0.717) is 0 Å². The molecule has 0 radical (unpaired) electrons. The van der Waals surface area contributed by atoms with Gasteiger partial charge in [-0.15, -0.1) is 0 Å². The molecular weight excluding hydrogens is 522 g/mol. The second-order valence-corrected chi connectivity index (χ2v) is 11.0. The number of hydrogen-bond donors (Lipinski definition) is 0. The molecule has 2 heterocycles. The van der Waals surface area contributed by atoms with E-state index < -0.39 is 0 Å². The van der Waals surface area contributed by atoms with E-state index in [0.717, 1.165) is 22.7 Å². The molecular formula is C40H31N3. The van der Waals surface area contributed by atoms with Crippen LogP contribution >= 0.6 is 0 Å². The molecule has 3 heteroatoms. The van der Waals surface area contributed by atoms with Crippen molar-refractivity contribution in [2.24, 2.45) is 0 Å². The van der Waals surface area contributed by atoms with E-state index in [9.17, 15) is 0 Å². The predicted octanol–water partition coefficient (Wildman–Crippen LogP) is 11.2. The minimum Gasteiger partial charge on any atom is -0.316 e. The Morgan fingerprint density at radius 1 is 0.605 bits per heavy atom. The van der Waals surface area contributed by atoms with Crippen molar-refractivity contribution >= 4 is 66.2 Å². The minimum absolute atomic E-state index is 1.12. The van der Waals surface area contributed by atoms with E-state index in [1.54, 1.807) is 0 Å². The predicted molar refractivity (Wildman–Crippen MR) is 184 cm³/mol. The van der Waals surface area contributed by atoms with Crippen LogP contribution in [0.4, 0.5) is 17.1 Å². The second-order valence-electron chi connectivity index (χ2n) is 11.0. The number of aromatic nitrogens is 2. The molecule has 0 unspecified atom stereocenters. The number of fused-ring (bicyclic) bond motifs is 2. The molecule has 0 fully saturated rings. The van der Waals surface area contributed by atoms with Crippen molar-refractivity contribution < 1.29 is 0 Å². The first-order chi connectivity index (χ1) is 21.3. The quantitative estimate of drug-likeness (QED) is 0.147. The van der Waals surface area contributed by atoms with Crippen molar-refractivity contribution in [2.45, 2.75) is 13.8 Å². The standard InChI is InChI=1S/C40H31N3/c1-3-12-30(4-2)41-26-25-29-27-37-39-35(40(29)41)24-19-28-13-11-18-36(38(28)39)43(37)34-22-20-33(21-23-34)42(31-14-7-5-8-15-31)32-16-9-6-10-17-32/h3-27H,1-2H3/b12-3-,30-4+. The van der Waals surface area contributed by atoms with Gasteiger partial charge in [0.1, 0.15) is 0 Å². The molecule has 43 heavy (non-hydrogen) atoms. The van der Waals surface area contributed by atoms with Crippen molar-refractivity contribution in [2.75, 3.05) is 4.90 Å². The van der Waals surface area contributed by atoms with Gasteiger partial charge in [-0.25, -0.2) is 0 Å². The highest BCUT2D eigenvalue weighted by Gasteiger charge is 2.21. The Kier molecular flexibility index (Phi) is 5.90. The lowest BCUT2D eigenvalue weighted by atomic mass is 10.0. The molecule has 0 spiro atoms. The summed E-state index contributed by atoms with van der Waals surface area (Å²) in [4.78, 5) is 2.31. The first kappa shape index (κ1) is 25.2.